The molecule has 2 aromatic rings. The number of aryl methyl sites for hydroxylation is 2. The second-order valence-electron chi connectivity index (χ2n) is 7.92. The van der Waals surface area contributed by atoms with E-state index in [-0.39, 0.29) is 12.0 Å². The molecule has 1 N–H and O–H groups in total. The molecule has 2 atom stereocenters. The third kappa shape index (κ3) is 5.06. The first-order valence-electron chi connectivity index (χ1n) is 10.3. The van der Waals surface area contributed by atoms with Gasteiger partial charge in [0.05, 0.1) is 13.2 Å². The number of likely N-dealkylation sites (tertiary alicyclic amines) is 1. The van der Waals surface area contributed by atoms with Crippen LogP contribution in [-0.2, 0) is 13.0 Å². The van der Waals surface area contributed by atoms with Crippen molar-refractivity contribution in [3.05, 3.63) is 58.7 Å². The van der Waals surface area contributed by atoms with Crippen molar-refractivity contribution in [2.45, 2.75) is 46.3 Å². The number of ether oxygens (including phenoxy) is 2. The summed E-state index contributed by atoms with van der Waals surface area (Å²) < 4.78 is 11.7. The maximum absolute atomic E-state index is 10.4. The Labute approximate surface area is 169 Å². The maximum atomic E-state index is 10.4. The lowest BCUT2D eigenvalue weighted by Crippen LogP contribution is -2.43. The second-order valence-corrected chi connectivity index (χ2v) is 7.92. The van der Waals surface area contributed by atoms with Gasteiger partial charge in [0.1, 0.15) is 6.61 Å². The first-order chi connectivity index (χ1) is 13.5. The van der Waals surface area contributed by atoms with E-state index in [1.807, 2.05) is 6.07 Å². The van der Waals surface area contributed by atoms with Crippen LogP contribution in [0, 0.1) is 19.8 Å². The van der Waals surface area contributed by atoms with Crippen molar-refractivity contribution < 1.29 is 14.6 Å². The van der Waals surface area contributed by atoms with E-state index in [2.05, 4.69) is 56.0 Å². The number of piperidine rings is 1. The highest BCUT2D eigenvalue weighted by Crippen LogP contribution is 2.31. The molecule has 0 radical (unpaired) electrons. The van der Waals surface area contributed by atoms with E-state index in [1.165, 1.54) is 22.3 Å². The van der Waals surface area contributed by atoms with E-state index in [9.17, 15) is 5.11 Å². The molecule has 1 fully saturated rings. The van der Waals surface area contributed by atoms with Crippen LogP contribution in [0.2, 0.25) is 0 Å². The molecular weight excluding hydrogens is 350 g/mol. The SMILES string of the molecule is CCN1CCC(O)C(Cc2ccc(OCc3cc(C)ccc3C)c(OC)c2)C1. The van der Waals surface area contributed by atoms with Crippen LogP contribution in [-0.4, -0.2) is 42.9 Å². The first kappa shape index (κ1) is 20.7. The summed E-state index contributed by atoms with van der Waals surface area (Å²) in [6.45, 7) is 9.88. The summed E-state index contributed by atoms with van der Waals surface area (Å²) in [6, 6.07) is 12.6. The number of hydrogen-bond acceptors (Lipinski definition) is 4. The predicted molar refractivity (Wildman–Crippen MR) is 113 cm³/mol. The number of methoxy groups -OCH3 is 1. The molecule has 0 saturated carbocycles. The normalized spacial score (nSPS) is 20.2. The molecule has 4 nitrogen and oxygen atoms in total. The van der Waals surface area contributed by atoms with Gasteiger partial charge >= 0.3 is 0 Å². The number of rotatable bonds is 7. The predicted octanol–water partition coefficient (Wildman–Crippen LogP) is 4.14. The molecule has 3 rings (SSSR count). The Morgan fingerprint density at radius 1 is 1.11 bits per heavy atom. The van der Waals surface area contributed by atoms with Crippen molar-refractivity contribution in [1.29, 1.82) is 0 Å². The number of nitrogens with zero attached hydrogens (tertiary/aromatic N) is 1. The van der Waals surface area contributed by atoms with E-state index >= 15 is 0 Å². The summed E-state index contributed by atoms with van der Waals surface area (Å²) in [7, 11) is 1.68. The molecule has 1 aliphatic rings. The van der Waals surface area contributed by atoms with Crippen molar-refractivity contribution in [2.24, 2.45) is 5.92 Å². The molecule has 0 aliphatic carbocycles. The Hall–Kier alpha value is -2.04. The molecule has 0 amide bonds. The third-order valence-corrected chi connectivity index (χ3v) is 5.84. The van der Waals surface area contributed by atoms with Crippen LogP contribution in [0.5, 0.6) is 11.5 Å². The summed E-state index contributed by atoms with van der Waals surface area (Å²) in [5.74, 6) is 1.77. The summed E-state index contributed by atoms with van der Waals surface area (Å²) in [5, 5.41) is 10.4. The number of hydrogen-bond donors (Lipinski definition) is 1. The fraction of sp³-hybridized carbons (Fsp3) is 0.500. The lowest BCUT2D eigenvalue weighted by molar-refractivity contribution is 0.0290. The zero-order chi connectivity index (χ0) is 20.1. The molecule has 0 aromatic heterocycles. The highest BCUT2D eigenvalue weighted by atomic mass is 16.5. The van der Waals surface area contributed by atoms with Crippen molar-refractivity contribution in [1.82, 2.24) is 4.90 Å². The van der Waals surface area contributed by atoms with Crippen LogP contribution in [0.1, 0.15) is 35.6 Å². The molecule has 2 unspecified atom stereocenters. The highest BCUT2D eigenvalue weighted by Gasteiger charge is 2.27. The van der Waals surface area contributed by atoms with Gasteiger partial charge in [0.15, 0.2) is 11.5 Å². The van der Waals surface area contributed by atoms with Crippen LogP contribution in [0.4, 0.5) is 0 Å². The maximum Gasteiger partial charge on any atom is 0.161 e. The Morgan fingerprint density at radius 2 is 1.93 bits per heavy atom. The van der Waals surface area contributed by atoms with Crippen LogP contribution in [0.25, 0.3) is 0 Å². The van der Waals surface area contributed by atoms with Gasteiger partial charge in [-0.25, -0.2) is 0 Å². The monoisotopic (exact) mass is 383 g/mol. The first-order valence-corrected chi connectivity index (χ1v) is 10.3. The van der Waals surface area contributed by atoms with Gasteiger partial charge in [0.25, 0.3) is 0 Å². The van der Waals surface area contributed by atoms with Gasteiger partial charge in [-0.1, -0.05) is 36.8 Å². The van der Waals surface area contributed by atoms with Crippen LogP contribution >= 0.6 is 0 Å². The molecule has 0 spiro atoms. The lowest BCUT2D eigenvalue weighted by Gasteiger charge is -2.35. The minimum absolute atomic E-state index is 0.228. The van der Waals surface area contributed by atoms with Gasteiger partial charge in [-0.3, -0.25) is 0 Å². The average Bonchev–Trinajstić information content (AvgIpc) is 2.70. The van der Waals surface area contributed by atoms with Gasteiger partial charge < -0.3 is 19.5 Å². The van der Waals surface area contributed by atoms with Gasteiger partial charge in [-0.2, -0.15) is 0 Å². The van der Waals surface area contributed by atoms with Crippen LogP contribution in [0.3, 0.4) is 0 Å². The van der Waals surface area contributed by atoms with Crippen molar-refractivity contribution in [2.75, 3.05) is 26.7 Å². The Bertz CT molecular complexity index is 789. The van der Waals surface area contributed by atoms with Gasteiger partial charge in [0, 0.05) is 19.0 Å². The molecule has 1 saturated heterocycles. The molecule has 2 aromatic carbocycles. The van der Waals surface area contributed by atoms with E-state index < -0.39 is 0 Å². The largest absolute Gasteiger partial charge is 0.493 e. The molecule has 0 bridgehead atoms. The lowest BCUT2D eigenvalue weighted by atomic mass is 9.88. The quantitative estimate of drug-likeness (QED) is 0.780. The zero-order valence-corrected chi connectivity index (χ0v) is 17.6. The highest BCUT2D eigenvalue weighted by molar-refractivity contribution is 5.43. The summed E-state index contributed by atoms with van der Waals surface area (Å²) in [6.07, 6.45) is 1.48. The zero-order valence-electron chi connectivity index (χ0n) is 17.6. The average molecular weight is 384 g/mol. The van der Waals surface area contributed by atoms with Gasteiger partial charge in [-0.15, -0.1) is 0 Å². The smallest absolute Gasteiger partial charge is 0.161 e. The van der Waals surface area contributed by atoms with E-state index in [0.29, 0.717) is 6.61 Å². The summed E-state index contributed by atoms with van der Waals surface area (Å²) in [4.78, 5) is 2.41. The van der Waals surface area contributed by atoms with Crippen LogP contribution in [0.15, 0.2) is 36.4 Å². The molecule has 4 heteroatoms. The Kier molecular flexibility index (Phi) is 6.97. The third-order valence-electron chi connectivity index (χ3n) is 5.84. The molecule has 28 heavy (non-hydrogen) atoms. The van der Waals surface area contributed by atoms with Crippen molar-refractivity contribution >= 4 is 0 Å². The number of aliphatic hydroxyl groups excluding tert-OH is 1. The Balaban J connectivity index is 1.69. The van der Waals surface area contributed by atoms with E-state index in [0.717, 1.165) is 44.0 Å². The topological polar surface area (TPSA) is 41.9 Å². The standard InChI is InChI=1S/C24H33NO3/c1-5-25-11-10-22(26)20(15-25)13-19-8-9-23(24(14-19)27-4)28-16-21-12-17(2)6-7-18(21)3/h6-9,12,14,20,22,26H,5,10-11,13,15-16H2,1-4H3. The fourth-order valence-electron chi connectivity index (χ4n) is 3.96. The van der Waals surface area contributed by atoms with Crippen molar-refractivity contribution in [3.8, 4) is 11.5 Å². The molecular formula is C24H33NO3. The Morgan fingerprint density at radius 3 is 2.68 bits per heavy atom. The minimum atomic E-state index is -0.228. The number of aliphatic hydroxyl groups is 1. The van der Waals surface area contributed by atoms with E-state index in [1.54, 1.807) is 7.11 Å². The molecule has 152 valence electrons. The minimum Gasteiger partial charge on any atom is -0.493 e. The summed E-state index contributed by atoms with van der Waals surface area (Å²) in [5.41, 5.74) is 4.83. The molecule has 1 heterocycles. The number of benzene rings is 2. The van der Waals surface area contributed by atoms with Gasteiger partial charge in [-0.05, 0) is 62.1 Å². The fourth-order valence-corrected chi connectivity index (χ4v) is 3.96. The van der Waals surface area contributed by atoms with E-state index in [4.69, 9.17) is 9.47 Å². The van der Waals surface area contributed by atoms with Crippen molar-refractivity contribution in [3.63, 3.8) is 0 Å². The van der Waals surface area contributed by atoms with Gasteiger partial charge in [0.2, 0.25) is 0 Å². The summed E-state index contributed by atoms with van der Waals surface area (Å²) >= 11 is 0. The van der Waals surface area contributed by atoms with Crippen LogP contribution < -0.4 is 9.47 Å². The molecule has 1 aliphatic heterocycles. The second kappa shape index (κ2) is 9.44.